The van der Waals surface area contributed by atoms with Gasteiger partial charge in [0.15, 0.2) is 0 Å². The highest BCUT2D eigenvalue weighted by molar-refractivity contribution is 7.98. The van der Waals surface area contributed by atoms with E-state index in [9.17, 15) is 0 Å². The van der Waals surface area contributed by atoms with E-state index in [-0.39, 0.29) is 5.28 Å². The summed E-state index contributed by atoms with van der Waals surface area (Å²) in [5.74, 6) is 2.14. The third-order valence-electron chi connectivity index (χ3n) is 3.04. The van der Waals surface area contributed by atoms with E-state index >= 15 is 0 Å². The molecule has 1 atom stereocenters. The van der Waals surface area contributed by atoms with Gasteiger partial charge in [0.05, 0.1) is 0 Å². The largest absolute Gasteiger partial charge is 0.341 e. The molecule has 0 N–H and O–H groups in total. The SMILES string of the molecule is CSCCC(C)N(C)c1nc(Cl)nc(-n2ccnc2)n1. The summed E-state index contributed by atoms with van der Waals surface area (Å²) in [5.41, 5.74) is 0. The number of aromatic nitrogens is 5. The van der Waals surface area contributed by atoms with Crippen LogP contribution in [0.4, 0.5) is 5.95 Å². The van der Waals surface area contributed by atoms with Gasteiger partial charge in [0.2, 0.25) is 17.2 Å². The molecule has 0 fully saturated rings. The van der Waals surface area contributed by atoms with Crippen LogP contribution in [0.3, 0.4) is 0 Å². The van der Waals surface area contributed by atoms with Crippen LogP contribution >= 0.6 is 23.4 Å². The summed E-state index contributed by atoms with van der Waals surface area (Å²) in [7, 11) is 1.97. The Hall–Kier alpha value is -1.34. The maximum absolute atomic E-state index is 5.99. The highest BCUT2D eigenvalue weighted by atomic mass is 35.5. The van der Waals surface area contributed by atoms with E-state index in [0.717, 1.165) is 12.2 Å². The summed E-state index contributed by atoms with van der Waals surface area (Å²) in [6.07, 6.45) is 8.23. The second-order valence-electron chi connectivity index (χ2n) is 4.42. The predicted octanol–water partition coefficient (Wildman–Crippen LogP) is 2.29. The first-order chi connectivity index (χ1) is 9.61. The summed E-state index contributed by atoms with van der Waals surface area (Å²) < 4.78 is 1.71. The standard InChI is InChI=1S/C12H17ClN6S/c1-9(4-7-20-3)18(2)11-15-10(13)16-12(17-11)19-6-5-14-8-19/h5-6,8-9H,4,7H2,1-3H3. The van der Waals surface area contributed by atoms with Crippen molar-refractivity contribution in [3.63, 3.8) is 0 Å². The van der Waals surface area contributed by atoms with Gasteiger partial charge in [0.1, 0.15) is 6.33 Å². The Morgan fingerprint density at radius 2 is 2.20 bits per heavy atom. The van der Waals surface area contributed by atoms with Gasteiger partial charge in [-0.3, -0.25) is 4.57 Å². The van der Waals surface area contributed by atoms with Crippen LogP contribution in [0.2, 0.25) is 5.28 Å². The smallest absolute Gasteiger partial charge is 0.241 e. The van der Waals surface area contributed by atoms with Gasteiger partial charge in [-0.25, -0.2) is 4.98 Å². The summed E-state index contributed by atoms with van der Waals surface area (Å²) in [6.45, 7) is 2.14. The number of imidazole rings is 1. The Balaban J connectivity index is 2.23. The molecule has 0 saturated heterocycles. The Labute approximate surface area is 127 Å². The molecule has 20 heavy (non-hydrogen) atoms. The highest BCUT2D eigenvalue weighted by Gasteiger charge is 2.15. The molecule has 0 bridgehead atoms. The number of halogens is 1. The topological polar surface area (TPSA) is 59.7 Å². The van der Waals surface area contributed by atoms with E-state index in [1.165, 1.54) is 0 Å². The van der Waals surface area contributed by atoms with Crippen molar-refractivity contribution < 1.29 is 0 Å². The first kappa shape index (κ1) is 15.1. The van der Waals surface area contributed by atoms with Crippen LogP contribution < -0.4 is 4.90 Å². The molecule has 2 aromatic heterocycles. The monoisotopic (exact) mass is 312 g/mol. The summed E-state index contributed by atoms with van der Waals surface area (Å²) >= 11 is 7.82. The Morgan fingerprint density at radius 3 is 2.85 bits per heavy atom. The molecule has 0 radical (unpaired) electrons. The van der Waals surface area contributed by atoms with Gasteiger partial charge >= 0.3 is 0 Å². The van der Waals surface area contributed by atoms with Crippen molar-refractivity contribution in [1.29, 1.82) is 0 Å². The van der Waals surface area contributed by atoms with Crippen LogP contribution in [0.25, 0.3) is 5.95 Å². The van der Waals surface area contributed by atoms with Gasteiger partial charge in [-0.2, -0.15) is 26.7 Å². The van der Waals surface area contributed by atoms with Gasteiger partial charge in [0, 0.05) is 25.5 Å². The van der Waals surface area contributed by atoms with Crippen molar-refractivity contribution in [2.75, 3.05) is 24.0 Å². The lowest BCUT2D eigenvalue weighted by atomic mass is 10.2. The highest BCUT2D eigenvalue weighted by Crippen LogP contribution is 2.16. The Bertz CT molecular complexity index is 547. The second-order valence-corrected chi connectivity index (χ2v) is 5.74. The fourth-order valence-corrected chi connectivity index (χ4v) is 2.39. The van der Waals surface area contributed by atoms with Gasteiger partial charge < -0.3 is 4.90 Å². The predicted molar refractivity (Wildman–Crippen MR) is 82.8 cm³/mol. The molecule has 2 rings (SSSR count). The Morgan fingerprint density at radius 1 is 1.40 bits per heavy atom. The molecule has 2 heterocycles. The van der Waals surface area contributed by atoms with Crippen LogP contribution in [0.5, 0.6) is 0 Å². The molecule has 0 saturated carbocycles. The summed E-state index contributed by atoms with van der Waals surface area (Å²) in [6, 6.07) is 0.330. The number of thioether (sulfide) groups is 1. The first-order valence-electron chi connectivity index (χ1n) is 6.23. The number of hydrogen-bond acceptors (Lipinski definition) is 6. The minimum atomic E-state index is 0.183. The lowest BCUT2D eigenvalue weighted by Gasteiger charge is -2.24. The van der Waals surface area contributed by atoms with E-state index in [1.54, 1.807) is 23.3 Å². The average Bonchev–Trinajstić information content (AvgIpc) is 2.97. The minimum Gasteiger partial charge on any atom is -0.341 e. The van der Waals surface area contributed by atoms with Crippen LogP contribution in [-0.2, 0) is 0 Å². The molecule has 8 heteroatoms. The molecular weight excluding hydrogens is 296 g/mol. The van der Waals surface area contributed by atoms with Crippen LogP contribution in [0, 0.1) is 0 Å². The fourth-order valence-electron chi connectivity index (χ4n) is 1.66. The second kappa shape index (κ2) is 6.90. The van der Waals surface area contributed by atoms with E-state index in [2.05, 4.69) is 33.1 Å². The normalized spacial score (nSPS) is 12.4. The molecule has 0 aromatic carbocycles. The zero-order chi connectivity index (χ0) is 14.5. The summed E-state index contributed by atoms with van der Waals surface area (Å²) in [4.78, 5) is 18.8. The van der Waals surface area contributed by atoms with Crippen LogP contribution in [0.1, 0.15) is 13.3 Å². The molecule has 2 aromatic rings. The molecule has 6 nitrogen and oxygen atoms in total. The van der Waals surface area contributed by atoms with Crippen molar-refractivity contribution in [2.45, 2.75) is 19.4 Å². The van der Waals surface area contributed by atoms with Crippen molar-refractivity contribution in [3.8, 4) is 5.95 Å². The molecule has 0 spiro atoms. The van der Waals surface area contributed by atoms with E-state index in [4.69, 9.17) is 11.6 Å². The van der Waals surface area contributed by atoms with Crippen molar-refractivity contribution in [1.82, 2.24) is 24.5 Å². The van der Waals surface area contributed by atoms with E-state index in [0.29, 0.717) is 17.9 Å². The molecule has 0 amide bonds. The van der Waals surface area contributed by atoms with E-state index in [1.807, 2.05) is 23.7 Å². The molecular formula is C12H17ClN6S. The maximum atomic E-state index is 5.99. The van der Waals surface area contributed by atoms with Crippen LogP contribution in [-0.4, -0.2) is 49.6 Å². The maximum Gasteiger partial charge on any atom is 0.241 e. The first-order valence-corrected chi connectivity index (χ1v) is 8.00. The molecule has 0 aliphatic heterocycles. The quantitative estimate of drug-likeness (QED) is 0.815. The molecule has 1 unspecified atom stereocenters. The molecule has 0 aliphatic rings. The van der Waals surface area contributed by atoms with Crippen LogP contribution in [0.15, 0.2) is 18.7 Å². The number of anilines is 1. The summed E-state index contributed by atoms with van der Waals surface area (Å²) in [5, 5.41) is 0.183. The third-order valence-corrected chi connectivity index (χ3v) is 3.85. The number of rotatable bonds is 6. The van der Waals surface area contributed by atoms with E-state index < -0.39 is 0 Å². The third kappa shape index (κ3) is 3.61. The number of hydrogen-bond donors (Lipinski definition) is 0. The lowest BCUT2D eigenvalue weighted by Crippen LogP contribution is -2.31. The lowest BCUT2D eigenvalue weighted by molar-refractivity contribution is 0.649. The van der Waals surface area contributed by atoms with Gasteiger partial charge in [-0.15, -0.1) is 0 Å². The minimum absolute atomic E-state index is 0.183. The molecule has 108 valence electrons. The zero-order valence-corrected chi connectivity index (χ0v) is 13.3. The van der Waals surface area contributed by atoms with Gasteiger partial charge in [-0.1, -0.05) is 0 Å². The zero-order valence-electron chi connectivity index (χ0n) is 11.7. The van der Waals surface area contributed by atoms with Gasteiger partial charge in [0.25, 0.3) is 0 Å². The van der Waals surface area contributed by atoms with Crippen molar-refractivity contribution >= 4 is 29.3 Å². The molecule has 0 aliphatic carbocycles. The number of nitrogens with zero attached hydrogens (tertiary/aromatic N) is 6. The Kier molecular flexibility index (Phi) is 5.19. The van der Waals surface area contributed by atoms with Crippen molar-refractivity contribution in [2.24, 2.45) is 0 Å². The average molecular weight is 313 g/mol. The fraction of sp³-hybridized carbons (Fsp3) is 0.500. The van der Waals surface area contributed by atoms with Crippen molar-refractivity contribution in [3.05, 3.63) is 24.0 Å². The van der Waals surface area contributed by atoms with Gasteiger partial charge in [-0.05, 0) is 37.0 Å².